The molecule has 90 valence electrons. The smallest absolute Gasteiger partial charge is 0.0585 e. The Kier molecular flexibility index (Phi) is 1.84. The number of nitrogens with zero attached hydrogens (tertiary/aromatic N) is 2. The molecule has 0 amide bonds. The molecule has 4 heterocycles. The molecule has 0 saturated carbocycles. The van der Waals surface area contributed by atoms with E-state index in [1.807, 2.05) is 0 Å². The van der Waals surface area contributed by atoms with Crippen LogP contribution >= 0.6 is 0 Å². The highest BCUT2D eigenvalue weighted by Gasteiger charge is 2.50. The number of pyridine rings is 1. The first-order valence-corrected chi connectivity index (χ1v) is 6.89. The monoisotopic (exact) mass is 228 g/mol. The summed E-state index contributed by atoms with van der Waals surface area (Å²) in [6.07, 6.45) is 4.23. The zero-order chi connectivity index (χ0) is 11.7. The number of aryl methyl sites for hydroxylation is 1. The maximum Gasteiger partial charge on any atom is 0.0585 e. The molecule has 17 heavy (non-hydrogen) atoms. The Morgan fingerprint density at radius 2 is 1.94 bits per heavy atom. The van der Waals surface area contributed by atoms with Crippen molar-refractivity contribution in [1.29, 1.82) is 0 Å². The van der Waals surface area contributed by atoms with Crippen LogP contribution in [-0.4, -0.2) is 22.0 Å². The second kappa shape index (κ2) is 3.11. The minimum Gasteiger partial charge on any atom is -0.291 e. The van der Waals surface area contributed by atoms with E-state index in [4.69, 9.17) is 4.98 Å². The van der Waals surface area contributed by atoms with Crippen molar-refractivity contribution in [2.75, 3.05) is 0 Å². The summed E-state index contributed by atoms with van der Waals surface area (Å²) in [5.74, 6) is 0.796. The van der Waals surface area contributed by atoms with E-state index in [2.05, 4.69) is 25.7 Å². The normalized spacial score (nSPS) is 37.4. The van der Waals surface area contributed by atoms with Crippen LogP contribution in [0.15, 0.2) is 0 Å². The summed E-state index contributed by atoms with van der Waals surface area (Å²) in [6, 6.07) is 1.70. The number of aromatic nitrogens is 1. The Balaban J connectivity index is 1.93. The van der Waals surface area contributed by atoms with Gasteiger partial charge in [-0.3, -0.25) is 9.88 Å². The summed E-state index contributed by atoms with van der Waals surface area (Å²) in [5, 5.41) is 0. The quantitative estimate of drug-likeness (QED) is 0.679. The molecule has 3 aliphatic heterocycles. The van der Waals surface area contributed by atoms with Gasteiger partial charge in [0.1, 0.15) is 0 Å². The molecule has 0 N–H and O–H groups in total. The maximum atomic E-state index is 4.87. The number of hydrogen-bond donors (Lipinski definition) is 0. The lowest BCUT2D eigenvalue weighted by molar-refractivity contribution is 0.223. The van der Waals surface area contributed by atoms with Gasteiger partial charge in [-0.05, 0) is 56.7 Å². The Morgan fingerprint density at radius 3 is 2.76 bits per heavy atom. The van der Waals surface area contributed by atoms with E-state index in [0.717, 1.165) is 24.5 Å². The number of rotatable bonds is 0. The molecule has 0 aromatic carbocycles. The van der Waals surface area contributed by atoms with Crippen molar-refractivity contribution in [3.05, 3.63) is 28.1 Å². The lowest BCUT2D eigenvalue weighted by Crippen LogP contribution is -2.35. The van der Waals surface area contributed by atoms with Crippen LogP contribution in [0.25, 0.3) is 0 Å². The lowest BCUT2D eigenvalue weighted by atomic mass is 9.79. The molecule has 2 saturated heterocycles. The topological polar surface area (TPSA) is 16.1 Å². The van der Waals surface area contributed by atoms with Crippen molar-refractivity contribution in [3.63, 3.8) is 0 Å². The fourth-order valence-corrected chi connectivity index (χ4v) is 4.48. The third-order valence-electron chi connectivity index (χ3n) is 5.51. The second-order valence-corrected chi connectivity index (χ2v) is 6.12. The van der Waals surface area contributed by atoms with Crippen LogP contribution in [0.1, 0.15) is 53.3 Å². The van der Waals surface area contributed by atoms with Gasteiger partial charge in [0.25, 0.3) is 0 Å². The van der Waals surface area contributed by atoms with Crippen molar-refractivity contribution in [2.24, 2.45) is 0 Å². The van der Waals surface area contributed by atoms with Crippen LogP contribution in [0.2, 0.25) is 0 Å². The molecule has 2 fully saturated rings. The Morgan fingerprint density at radius 1 is 1.12 bits per heavy atom. The van der Waals surface area contributed by atoms with Gasteiger partial charge in [-0.25, -0.2) is 0 Å². The lowest BCUT2D eigenvalue weighted by Gasteiger charge is -2.33. The molecule has 0 radical (unpaired) electrons. The Hall–Kier alpha value is -0.890. The number of fused-ring (bicyclic) bond motifs is 2. The summed E-state index contributed by atoms with van der Waals surface area (Å²) in [4.78, 5) is 7.60. The summed E-state index contributed by atoms with van der Waals surface area (Å²) in [5.41, 5.74) is 7.19. The zero-order valence-corrected chi connectivity index (χ0v) is 11.0. The first kappa shape index (κ1) is 10.1. The molecule has 4 bridgehead atoms. The first-order valence-electron chi connectivity index (χ1n) is 6.89. The van der Waals surface area contributed by atoms with Crippen LogP contribution < -0.4 is 0 Å². The van der Waals surface area contributed by atoms with Crippen LogP contribution in [0.5, 0.6) is 0 Å². The first-order chi connectivity index (χ1) is 8.16. The molecule has 4 rings (SSSR count). The molecule has 0 spiro atoms. The maximum absolute atomic E-state index is 4.87. The van der Waals surface area contributed by atoms with E-state index in [1.165, 1.54) is 41.8 Å². The van der Waals surface area contributed by atoms with E-state index < -0.39 is 0 Å². The molecular formula is C15H20N2. The molecule has 3 unspecified atom stereocenters. The van der Waals surface area contributed by atoms with E-state index in [1.54, 1.807) is 5.56 Å². The van der Waals surface area contributed by atoms with E-state index in [9.17, 15) is 0 Å². The molecule has 1 aromatic heterocycles. The highest BCUT2D eigenvalue weighted by molar-refractivity contribution is 5.44. The average Bonchev–Trinajstić information content (AvgIpc) is 2.80. The number of hydrogen-bond acceptors (Lipinski definition) is 2. The molecule has 4 atom stereocenters. The van der Waals surface area contributed by atoms with Gasteiger partial charge in [0, 0.05) is 30.2 Å². The van der Waals surface area contributed by atoms with Crippen molar-refractivity contribution in [3.8, 4) is 0 Å². The summed E-state index contributed by atoms with van der Waals surface area (Å²) >= 11 is 0. The zero-order valence-electron chi connectivity index (χ0n) is 11.0. The van der Waals surface area contributed by atoms with Gasteiger partial charge in [-0.15, -0.1) is 0 Å². The van der Waals surface area contributed by atoms with Crippen LogP contribution in [-0.2, 0) is 6.54 Å². The van der Waals surface area contributed by atoms with E-state index in [-0.39, 0.29) is 0 Å². The third-order valence-corrected chi connectivity index (χ3v) is 5.51. The van der Waals surface area contributed by atoms with E-state index in [0.29, 0.717) is 0 Å². The molecule has 2 nitrogen and oxygen atoms in total. The van der Waals surface area contributed by atoms with Crippen molar-refractivity contribution in [1.82, 2.24) is 9.88 Å². The largest absolute Gasteiger partial charge is 0.291 e. The fourth-order valence-electron chi connectivity index (χ4n) is 4.48. The average molecular weight is 228 g/mol. The van der Waals surface area contributed by atoms with Crippen molar-refractivity contribution < 1.29 is 0 Å². The van der Waals surface area contributed by atoms with Gasteiger partial charge in [0.15, 0.2) is 0 Å². The fraction of sp³-hybridized carbons (Fsp3) is 0.667. The standard InChI is InChI=1S/C15H20N2/c1-8-9(2)15-12-6-11-4-5-14(12)17(11)7-13(15)16-10(8)3/h11-12,14H,4-7H2,1-3H3/t11?,12-,14?/m0/s1. The molecule has 1 aromatic rings. The molecule has 0 aliphatic carbocycles. The van der Waals surface area contributed by atoms with Crippen molar-refractivity contribution in [2.45, 2.75) is 64.6 Å². The predicted molar refractivity (Wildman–Crippen MR) is 68.2 cm³/mol. The van der Waals surface area contributed by atoms with Gasteiger partial charge < -0.3 is 0 Å². The van der Waals surface area contributed by atoms with Crippen LogP contribution in [0.3, 0.4) is 0 Å². The Bertz CT molecular complexity index is 506. The highest BCUT2D eigenvalue weighted by atomic mass is 15.3. The Labute approximate surface area is 103 Å². The molecular weight excluding hydrogens is 208 g/mol. The molecule has 3 aliphatic rings. The molecule has 2 heteroatoms. The van der Waals surface area contributed by atoms with Gasteiger partial charge >= 0.3 is 0 Å². The van der Waals surface area contributed by atoms with Gasteiger partial charge in [0.2, 0.25) is 0 Å². The third kappa shape index (κ3) is 1.12. The predicted octanol–water partition coefficient (Wildman–Crippen LogP) is 2.84. The summed E-state index contributed by atoms with van der Waals surface area (Å²) in [6.45, 7) is 7.81. The van der Waals surface area contributed by atoms with E-state index >= 15 is 0 Å². The van der Waals surface area contributed by atoms with Crippen LogP contribution in [0, 0.1) is 20.8 Å². The van der Waals surface area contributed by atoms with Crippen LogP contribution in [0.4, 0.5) is 0 Å². The summed E-state index contributed by atoms with van der Waals surface area (Å²) < 4.78 is 0. The minimum atomic E-state index is 0.796. The second-order valence-electron chi connectivity index (χ2n) is 6.12. The van der Waals surface area contributed by atoms with Gasteiger partial charge in [-0.1, -0.05) is 0 Å². The minimum absolute atomic E-state index is 0.796. The van der Waals surface area contributed by atoms with Gasteiger partial charge in [-0.2, -0.15) is 0 Å². The summed E-state index contributed by atoms with van der Waals surface area (Å²) in [7, 11) is 0. The van der Waals surface area contributed by atoms with Gasteiger partial charge in [0.05, 0.1) is 5.69 Å². The highest BCUT2D eigenvalue weighted by Crippen LogP contribution is 2.52. The SMILES string of the molecule is Cc1nc2c(c(C)c1C)[C@H]1CC3CCC1N3C2. The van der Waals surface area contributed by atoms with Crippen molar-refractivity contribution >= 4 is 0 Å².